The fourth-order valence-corrected chi connectivity index (χ4v) is 13.9. The fourth-order valence-electron chi connectivity index (χ4n) is 13.9. The van der Waals surface area contributed by atoms with Crippen molar-refractivity contribution in [2.45, 2.75) is 133 Å². The minimum absolute atomic E-state index is 0. The van der Waals surface area contributed by atoms with Crippen molar-refractivity contribution in [2.24, 2.45) is 11.8 Å². The van der Waals surface area contributed by atoms with Crippen LogP contribution >= 0.6 is 0 Å². The molecule has 109 heavy (non-hydrogen) atoms. The Morgan fingerprint density at radius 2 is 0.532 bits per heavy atom. The number of hydrogen-bond donors (Lipinski definition) is 0. The van der Waals surface area contributed by atoms with Gasteiger partial charge in [0.05, 0.1) is 5.41 Å². The molecule has 0 unspecified atom stereocenters. The van der Waals surface area contributed by atoms with E-state index in [9.17, 15) is 47.9 Å². The molecule has 0 radical (unpaired) electrons. The average molecular weight is 1500 g/mol. The van der Waals surface area contributed by atoms with Crippen molar-refractivity contribution in [1.29, 1.82) is 0 Å². The molecule has 0 bridgehead atoms. The monoisotopic (exact) mass is 1500 g/mol. The van der Waals surface area contributed by atoms with Crippen molar-refractivity contribution in [1.82, 2.24) is 0 Å². The predicted molar refractivity (Wildman–Crippen MR) is 436 cm³/mol. The van der Waals surface area contributed by atoms with Crippen LogP contribution in [0, 0.1) is 26.7 Å². The van der Waals surface area contributed by atoms with Gasteiger partial charge < -0.3 is 24.5 Å². The SMILES string of the molecule is C=C(C)c1ccc(N(c2ccc(C(C)=O)cc2)c2ccc(C(C)=O)cc2)cc1.CC(=O)C1CCCC1.CC(=O)C1CCCC1.CC(=O)c1ccc(C(C)=O)cc1.CC(=O)c1ccc(Oc2ccc(C(C)=O)cc2)cc1.CC(=O)c1ccc2c(c1)C1(c3ccccc3-2)c2ccccc2-c2ccc(C(C)=O)cc21.[CH3-].[CH3-].[Fe+2]. The second kappa shape index (κ2) is 39.6. The molecule has 10 aromatic rings. The maximum absolute atomic E-state index is 12.3. The molecule has 12 nitrogen and oxygen atoms in total. The fraction of sp³-hybridized carbons (Fsp3) is 0.229. The molecule has 0 heterocycles. The smallest absolute Gasteiger partial charge is 0.457 e. The molecule has 0 saturated heterocycles. The summed E-state index contributed by atoms with van der Waals surface area (Å²) in [5.41, 5.74) is 19.1. The molecular formula is C96H97FeNO11. The average Bonchev–Trinajstić information content (AvgIpc) is 1.51. The van der Waals surface area contributed by atoms with Crippen molar-refractivity contribution >= 4 is 80.5 Å². The largest absolute Gasteiger partial charge is 2.00 e. The number of rotatable bonds is 16. The molecule has 2 fully saturated rings. The summed E-state index contributed by atoms with van der Waals surface area (Å²) in [6.07, 6.45) is 9.66. The van der Waals surface area contributed by atoms with Crippen LogP contribution in [-0.2, 0) is 32.1 Å². The standard InChI is InChI=1S/C29H20O2.C25H23NO2.C16H14O3.C10H10O2.2C7H12O.2CH3.Fe/c1-17(30)19-11-13-23-21-7-3-5-9-25(21)29(27(23)15-19)26-10-6-4-8-22(26)24-14-12-20(18(2)31)16-28(24)29;1-17(2)20-5-11-23(12-6-20)26(24-13-7-21(8-14-24)18(3)27)25-15-9-22(10-16-25)19(4)28;1-11(17)13-3-7-15(8-4-13)19-16-9-5-14(6-10-16)12(2)18;1-7(11)9-3-5-10(6-4-9)8(2)12;2*1-6(8)7-4-2-3-5-7;;;/h3-16H,1-2H3;5-16H,1H2,2-4H3;3-10H,1-2H3;3-6H,1-2H3;2*7H,2-5H2,1H3;2*1H3;/q;;;;;;2*-1;+2. The molecule has 0 amide bonds. The van der Waals surface area contributed by atoms with Gasteiger partial charge in [-0.05, 0) is 273 Å². The molecule has 4 aliphatic rings. The van der Waals surface area contributed by atoms with E-state index >= 15 is 0 Å². The summed E-state index contributed by atoms with van der Waals surface area (Å²) in [7, 11) is 0. The van der Waals surface area contributed by atoms with Gasteiger partial charge in [0.25, 0.3) is 0 Å². The van der Waals surface area contributed by atoms with Crippen LogP contribution in [0.25, 0.3) is 27.8 Å². The van der Waals surface area contributed by atoms with E-state index in [4.69, 9.17) is 4.74 Å². The van der Waals surface area contributed by atoms with Gasteiger partial charge in [-0.2, -0.15) is 0 Å². The first-order chi connectivity index (χ1) is 50.7. The molecule has 0 N–H and O–H groups in total. The Kier molecular flexibility index (Phi) is 31.5. The van der Waals surface area contributed by atoms with Gasteiger partial charge in [0.2, 0.25) is 0 Å². The predicted octanol–water partition coefficient (Wildman–Crippen LogP) is 23.4. The second-order valence-corrected chi connectivity index (χ2v) is 27.5. The molecule has 14 rings (SSSR count). The number of carbonyl (C=O) groups is 10. The Balaban J connectivity index is 0.000000218. The molecule has 0 aliphatic heterocycles. The first kappa shape index (κ1) is 86.7. The molecular weight excluding hydrogens is 1400 g/mol. The Morgan fingerprint density at radius 3 is 0.780 bits per heavy atom. The van der Waals surface area contributed by atoms with Crippen molar-refractivity contribution in [2.75, 3.05) is 4.90 Å². The summed E-state index contributed by atoms with van der Waals surface area (Å²) < 4.78 is 5.63. The summed E-state index contributed by atoms with van der Waals surface area (Å²) in [6.45, 7) is 21.8. The van der Waals surface area contributed by atoms with Gasteiger partial charge in [0, 0.05) is 73.4 Å². The number of fused-ring (bicyclic) bond motifs is 10. The van der Waals surface area contributed by atoms with Crippen LogP contribution in [0.3, 0.4) is 0 Å². The topological polar surface area (TPSA) is 183 Å². The number of anilines is 3. The van der Waals surface area contributed by atoms with Crippen LogP contribution in [0.2, 0.25) is 0 Å². The van der Waals surface area contributed by atoms with Gasteiger partial charge in [-0.25, -0.2) is 0 Å². The van der Waals surface area contributed by atoms with Crippen LogP contribution < -0.4 is 9.64 Å². The van der Waals surface area contributed by atoms with Crippen LogP contribution in [0.4, 0.5) is 17.1 Å². The normalized spacial score (nSPS) is 12.6. The molecule has 13 heteroatoms. The first-order valence-electron chi connectivity index (χ1n) is 36.0. The molecule has 0 atom stereocenters. The van der Waals surface area contributed by atoms with E-state index in [-0.39, 0.29) is 78.2 Å². The third kappa shape index (κ3) is 21.1. The number of ether oxygens (including phenoxy) is 1. The number of hydrogen-bond acceptors (Lipinski definition) is 12. The molecule has 4 aliphatic carbocycles. The maximum atomic E-state index is 12.3. The van der Waals surface area contributed by atoms with E-state index in [1.54, 1.807) is 114 Å². The Bertz CT molecular complexity index is 4580. The van der Waals surface area contributed by atoms with Crippen molar-refractivity contribution in [3.8, 4) is 33.8 Å². The zero-order valence-corrected chi connectivity index (χ0v) is 65.9. The van der Waals surface area contributed by atoms with Gasteiger partial charge >= 0.3 is 17.1 Å². The van der Waals surface area contributed by atoms with Crippen molar-refractivity contribution < 1.29 is 69.8 Å². The summed E-state index contributed by atoms with van der Waals surface area (Å²) in [5, 5.41) is 0. The van der Waals surface area contributed by atoms with E-state index < -0.39 is 5.41 Å². The molecule has 2 saturated carbocycles. The second-order valence-electron chi connectivity index (χ2n) is 27.5. The van der Waals surface area contributed by atoms with Crippen LogP contribution in [-0.4, -0.2) is 57.8 Å². The number of benzene rings is 10. The minimum Gasteiger partial charge on any atom is -0.457 e. The van der Waals surface area contributed by atoms with Crippen LogP contribution in [0.1, 0.15) is 238 Å². The van der Waals surface area contributed by atoms with E-state index in [2.05, 4.69) is 84.3 Å². The van der Waals surface area contributed by atoms with Gasteiger partial charge in [-0.3, -0.25) is 47.9 Å². The van der Waals surface area contributed by atoms with Crippen molar-refractivity contribution in [3.63, 3.8) is 0 Å². The number of nitrogens with zero attached hydrogens (tertiary/aromatic N) is 1. The summed E-state index contributed by atoms with van der Waals surface area (Å²) in [5.74, 6) is 3.21. The van der Waals surface area contributed by atoms with Gasteiger partial charge in [0.15, 0.2) is 46.3 Å². The van der Waals surface area contributed by atoms with Crippen LogP contribution in [0.15, 0.2) is 237 Å². The van der Waals surface area contributed by atoms with Crippen LogP contribution in [0.5, 0.6) is 11.5 Å². The zero-order chi connectivity index (χ0) is 76.5. The molecule has 560 valence electrons. The Hall–Kier alpha value is -11.2. The van der Waals surface area contributed by atoms with Gasteiger partial charge in [-0.15, -0.1) is 0 Å². The minimum atomic E-state index is -0.533. The quantitative estimate of drug-likeness (QED) is 0.0508. The number of carbonyl (C=O) groups excluding carboxylic acids is 10. The maximum Gasteiger partial charge on any atom is 2.00 e. The van der Waals surface area contributed by atoms with E-state index in [1.165, 1.54) is 75.6 Å². The van der Waals surface area contributed by atoms with Crippen molar-refractivity contribution in [3.05, 3.63) is 324 Å². The summed E-state index contributed by atoms with van der Waals surface area (Å²) in [6, 6.07) is 72.9. The third-order valence-electron chi connectivity index (χ3n) is 19.9. The van der Waals surface area contributed by atoms with E-state index in [1.807, 2.05) is 91.9 Å². The third-order valence-corrected chi connectivity index (χ3v) is 19.9. The van der Waals surface area contributed by atoms with Gasteiger partial charge in [0.1, 0.15) is 23.1 Å². The number of Topliss-reactive ketones (excluding diaryl/α,β-unsaturated/α-hetero) is 10. The number of allylic oxidation sites excluding steroid dienone is 1. The van der Waals surface area contributed by atoms with E-state index in [0.717, 1.165) is 76.1 Å². The zero-order valence-electron chi connectivity index (χ0n) is 64.7. The summed E-state index contributed by atoms with van der Waals surface area (Å²) in [4.78, 5) is 115. The molecule has 1 spiro atoms. The number of ketones is 10. The van der Waals surface area contributed by atoms with E-state index in [0.29, 0.717) is 79.4 Å². The Labute approximate surface area is 653 Å². The molecule has 10 aromatic carbocycles. The Morgan fingerprint density at radius 1 is 0.303 bits per heavy atom. The molecule has 0 aromatic heterocycles. The first-order valence-corrected chi connectivity index (χ1v) is 36.0. The van der Waals surface area contributed by atoms with Gasteiger partial charge in [-0.1, -0.05) is 147 Å². The summed E-state index contributed by atoms with van der Waals surface area (Å²) >= 11 is 0.